The first-order valence-electron chi connectivity index (χ1n) is 8.90. The Morgan fingerprint density at radius 1 is 0.938 bits per heavy atom. The van der Waals surface area contributed by atoms with E-state index in [2.05, 4.69) is 0 Å². The third-order valence-corrected chi connectivity index (χ3v) is 3.83. The number of nitro benzene ring substituents is 1. The van der Waals surface area contributed by atoms with Gasteiger partial charge in [-0.15, -0.1) is 0 Å². The third-order valence-electron chi connectivity index (χ3n) is 3.83. The summed E-state index contributed by atoms with van der Waals surface area (Å²) in [6, 6.07) is 7.61. The summed E-state index contributed by atoms with van der Waals surface area (Å²) in [7, 11) is 2.74. The summed E-state index contributed by atoms with van der Waals surface area (Å²) in [6.45, 7) is -0.427. The molecule has 0 bridgehead atoms. The highest BCUT2D eigenvalue weighted by molar-refractivity contribution is 6.37. The number of ether oxygens (including phenoxy) is 5. The van der Waals surface area contributed by atoms with Gasteiger partial charge in [-0.2, -0.15) is 0 Å². The number of aliphatic carboxylic acids is 1. The monoisotopic (exact) mass is 449 g/mol. The van der Waals surface area contributed by atoms with Crippen LogP contribution in [0.25, 0.3) is 0 Å². The lowest BCUT2D eigenvalue weighted by Gasteiger charge is -2.17. The fourth-order valence-electron chi connectivity index (χ4n) is 2.44. The van der Waals surface area contributed by atoms with Crippen LogP contribution in [0, 0.1) is 10.1 Å². The summed E-state index contributed by atoms with van der Waals surface area (Å²) in [5.41, 5.74) is -0.415. The molecule has 0 spiro atoms. The van der Waals surface area contributed by atoms with Crippen LogP contribution in [-0.2, 0) is 19.1 Å². The zero-order valence-electron chi connectivity index (χ0n) is 17.1. The van der Waals surface area contributed by atoms with Gasteiger partial charge in [0.05, 0.1) is 11.3 Å². The average Bonchev–Trinajstić information content (AvgIpc) is 2.76. The van der Waals surface area contributed by atoms with E-state index >= 15 is 0 Å². The van der Waals surface area contributed by atoms with Crippen molar-refractivity contribution in [3.05, 3.63) is 52.1 Å². The molecule has 0 unspecified atom stereocenters. The van der Waals surface area contributed by atoms with Gasteiger partial charge in [0.15, 0.2) is 19.4 Å². The van der Waals surface area contributed by atoms with Crippen LogP contribution in [0.5, 0.6) is 23.0 Å². The standard InChI is InChI=1S/C20H19NO11/c1-28-10-30-14-7-17(31-11-29-2)19(15(22)9-16(23)20(24)25)18(8-14)32-13-5-3-12(4-6-13)21(26)27/h3-8H,9-11H2,1-2H3,(H,24,25). The van der Waals surface area contributed by atoms with Crippen LogP contribution in [-0.4, -0.2) is 55.4 Å². The molecule has 2 aromatic carbocycles. The number of nitro groups is 1. The highest BCUT2D eigenvalue weighted by Gasteiger charge is 2.26. The van der Waals surface area contributed by atoms with Gasteiger partial charge in [-0.1, -0.05) is 0 Å². The molecule has 170 valence electrons. The van der Waals surface area contributed by atoms with Crippen molar-refractivity contribution in [3.63, 3.8) is 0 Å². The quantitative estimate of drug-likeness (QED) is 0.119. The van der Waals surface area contributed by atoms with Crippen molar-refractivity contribution in [2.24, 2.45) is 0 Å². The molecule has 0 atom stereocenters. The van der Waals surface area contributed by atoms with Gasteiger partial charge >= 0.3 is 5.97 Å². The molecule has 1 N–H and O–H groups in total. The third kappa shape index (κ3) is 6.48. The van der Waals surface area contributed by atoms with Crippen LogP contribution in [0.3, 0.4) is 0 Å². The number of hydrogen-bond donors (Lipinski definition) is 1. The second kappa shape index (κ2) is 11.4. The van der Waals surface area contributed by atoms with E-state index in [9.17, 15) is 24.5 Å². The van der Waals surface area contributed by atoms with Crippen LogP contribution in [0.2, 0.25) is 0 Å². The highest BCUT2D eigenvalue weighted by atomic mass is 16.7. The Kier molecular flexibility index (Phi) is 8.63. The summed E-state index contributed by atoms with van der Waals surface area (Å²) in [4.78, 5) is 45.5. The number of ketones is 2. The van der Waals surface area contributed by atoms with Crippen molar-refractivity contribution >= 4 is 23.2 Å². The summed E-state index contributed by atoms with van der Waals surface area (Å²) < 4.78 is 26.2. The highest BCUT2D eigenvalue weighted by Crippen LogP contribution is 2.38. The molecule has 32 heavy (non-hydrogen) atoms. The number of non-ortho nitro benzene ring substituents is 1. The SMILES string of the molecule is COCOc1cc(OCOC)c(C(=O)CC(=O)C(=O)O)c(Oc2ccc([N+](=O)[O-])cc2)c1. The Balaban J connectivity index is 2.53. The van der Waals surface area contributed by atoms with Gasteiger partial charge < -0.3 is 28.8 Å². The molecule has 0 saturated carbocycles. The van der Waals surface area contributed by atoms with E-state index in [1.807, 2.05) is 0 Å². The summed E-state index contributed by atoms with van der Waals surface area (Å²) in [6.07, 6.45) is -0.951. The number of benzene rings is 2. The van der Waals surface area contributed by atoms with Crippen LogP contribution in [0.1, 0.15) is 16.8 Å². The van der Waals surface area contributed by atoms with E-state index in [4.69, 9.17) is 28.8 Å². The Bertz CT molecular complexity index is 1000. The molecule has 0 aromatic heterocycles. The predicted molar refractivity (Wildman–Crippen MR) is 106 cm³/mol. The molecule has 0 fully saturated rings. The Labute approximate surface area is 181 Å². The number of rotatable bonds is 13. The van der Waals surface area contributed by atoms with Gasteiger partial charge in [0.25, 0.3) is 5.69 Å². The number of carboxylic acids is 1. The fraction of sp³-hybridized carbons (Fsp3) is 0.250. The topological polar surface area (TPSA) is 161 Å². The van der Waals surface area contributed by atoms with Gasteiger partial charge in [0.2, 0.25) is 5.78 Å². The van der Waals surface area contributed by atoms with Crippen molar-refractivity contribution in [2.45, 2.75) is 6.42 Å². The first-order valence-corrected chi connectivity index (χ1v) is 8.90. The lowest BCUT2D eigenvalue weighted by Crippen LogP contribution is -2.18. The number of carboxylic acid groups (broad SMARTS) is 1. The molecule has 0 amide bonds. The van der Waals surface area contributed by atoms with Gasteiger partial charge in [0.1, 0.15) is 28.6 Å². The van der Waals surface area contributed by atoms with Crippen LogP contribution in [0.4, 0.5) is 5.69 Å². The number of carbonyl (C=O) groups excluding carboxylic acids is 2. The van der Waals surface area contributed by atoms with Crippen molar-refractivity contribution in [1.82, 2.24) is 0 Å². The molecule has 0 radical (unpaired) electrons. The zero-order chi connectivity index (χ0) is 23.7. The second-order valence-electron chi connectivity index (χ2n) is 6.08. The van der Waals surface area contributed by atoms with Crippen LogP contribution >= 0.6 is 0 Å². The molecule has 0 aliphatic carbocycles. The lowest BCUT2D eigenvalue weighted by molar-refractivity contribution is -0.384. The number of methoxy groups -OCH3 is 2. The smallest absolute Gasteiger partial charge is 0.372 e. The molecule has 2 aromatic rings. The van der Waals surface area contributed by atoms with E-state index in [1.54, 1.807) is 0 Å². The fourth-order valence-corrected chi connectivity index (χ4v) is 2.44. The minimum Gasteiger partial charge on any atom is -0.475 e. The molecule has 0 heterocycles. The van der Waals surface area contributed by atoms with Gasteiger partial charge in [0, 0.05) is 38.5 Å². The van der Waals surface area contributed by atoms with E-state index in [-0.39, 0.29) is 47.8 Å². The molecular weight excluding hydrogens is 430 g/mol. The molecule has 12 nitrogen and oxygen atoms in total. The minimum absolute atomic E-state index is 0.0967. The van der Waals surface area contributed by atoms with Crippen LogP contribution < -0.4 is 14.2 Å². The minimum atomic E-state index is -1.77. The van der Waals surface area contributed by atoms with Crippen molar-refractivity contribution in [2.75, 3.05) is 27.8 Å². The van der Waals surface area contributed by atoms with E-state index in [0.717, 1.165) is 0 Å². The van der Waals surface area contributed by atoms with Gasteiger partial charge in [-0.25, -0.2) is 4.79 Å². The first-order chi connectivity index (χ1) is 15.3. The molecular formula is C20H19NO11. The number of carbonyl (C=O) groups is 3. The van der Waals surface area contributed by atoms with Crippen LogP contribution in [0.15, 0.2) is 36.4 Å². The Morgan fingerprint density at radius 3 is 2.09 bits per heavy atom. The van der Waals surface area contributed by atoms with Crippen molar-refractivity contribution in [3.8, 4) is 23.0 Å². The molecule has 0 aliphatic rings. The van der Waals surface area contributed by atoms with Gasteiger partial charge in [-0.3, -0.25) is 19.7 Å². The number of Topliss-reactive ketones (excluding diaryl/α,β-unsaturated/α-hetero) is 2. The van der Waals surface area contributed by atoms with E-state index < -0.39 is 28.9 Å². The maximum atomic E-state index is 12.8. The first kappa shape index (κ1) is 24.2. The summed E-state index contributed by atoms with van der Waals surface area (Å²) >= 11 is 0. The Morgan fingerprint density at radius 2 is 1.53 bits per heavy atom. The number of hydrogen-bond acceptors (Lipinski definition) is 10. The summed E-state index contributed by atoms with van der Waals surface area (Å²) in [5, 5.41) is 19.7. The normalized spacial score (nSPS) is 10.3. The zero-order valence-corrected chi connectivity index (χ0v) is 17.1. The average molecular weight is 449 g/mol. The van der Waals surface area contributed by atoms with Crippen molar-refractivity contribution < 1.29 is 48.1 Å². The largest absolute Gasteiger partial charge is 0.475 e. The lowest BCUT2D eigenvalue weighted by atomic mass is 10.0. The second-order valence-corrected chi connectivity index (χ2v) is 6.08. The molecule has 2 rings (SSSR count). The summed E-state index contributed by atoms with van der Waals surface area (Å²) in [5.74, 6) is -3.93. The van der Waals surface area contributed by atoms with E-state index in [1.165, 1.54) is 50.6 Å². The number of nitrogens with zero attached hydrogens (tertiary/aromatic N) is 1. The molecule has 12 heteroatoms. The molecule has 0 aliphatic heterocycles. The predicted octanol–water partition coefficient (Wildman–Crippen LogP) is 2.58. The van der Waals surface area contributed by atoms with Crippen molar-refractivity contribution in [1.29, 1.82) is 0 Å². The maximum Gasteiger partial charge on any atom is 0.372 e. The maximum absolute atomic E-state index is 12.8. The molecule has 0 saturated heterocycles. The van der Waals surface area contributed by atoms with Gasteiger partial charge in [-0.05, 0) is 12.1 Å². The van der Waals surface area contributed by atoms with E-state index in [0.29, 0.717) is 0 Å². The Hall–Kier alpha value is -4.03.